The fraction of sp³-hybridized carbons (Fsp3) is 0.143. The molecule has 19 heavy (non-hydrogen) atoms. The molecule has 0 aliphatic heterocycles. The lowest BCUT2D eigenvalue weighted by molar-refractivity contribution is 0.102. The molecule has 5 nitrogen and oxygen atoms in total. The van der Waals surface area contributed by atoms with Crippen LogP contribution < -0.4 is 11.1 Å². The third-order valence-electron chi connectivity index (χ3n) is 2.47. The van der Waals surface area contributed by atoms with E-state index < -0.39 is 0 Å². The zero-order valence-corrected chi connectivity index (χ0v) is 10.4. The lowest BCUT2D eigenvalue weighted by Crippen LogP contribution is -2.11. The molecule has 3 N–H and O–H groups in total. The molecule has 0 atom stereocenters. The molecular weight excluding hydrogens is 242 g/mol. The van der Waals surface area contributed by atoms with Gasteiger partial charge in [-0.1, -0.05) is 17.0 Å². The molecule has 0 saturated carbocycles. The maximum atomic E-state index is 11.9. The number of carbonyl (C=O) groups is 1. The summed E-state index contributed by atoms with van der Waals surface area (Å²) in [4.78, 5) is 11.9. The van der Waals surface area contributed by atoms with Crippen molar-refractivity contribution in [2.75, 3.05) is 11.9 Å². The van der Waals surface area contributed by atoms with E-state index in [0.717, 1.165) is 5.56 Å². The van der Waals surface area contributed by atoms with Crippen molar-refractivity contribution in [2.45, 2.75) is 6.92 Å². The Balaban J connectivity index is 2.08. The molecule has 1 aromatic carbocycles. The molecule has 1 heterocycles. The summed E-state index contributed by atoms with van der Waals surface area (Å²) < 4.78 is 4.85. The number of amides is 1. The van der Waals surface area contributed by atoms with Gasteiger partial charge in [0.1, 0.15) is 11.3 Å². The SMILES string of the molecule is Cc1oncc1C(=O)Nc1ccc(C#CCN)cc1. The van der Waals surface area contributed by atoms with Crippen molar-refractivity contribution in [1.29, 1.82) is 0 Å². The minimum Gasteiger partial charge on any atom is -0.361 e. The molecule has 1 amide bonds. The smallest absolute Gasteiger partial charge is 0.260 e. The van der Waals surface area contributed by atoms with Gasteiger partial charge < -0.3 is 15.6 Å². The van der Waals surface area contributed by atoms with Gasteiger partial charge in [-0.2, -0.15) is 0 Å². The molecule has 0 unspecified atom stereocenters. The Bertz CT molecular complexity index is 633. The van der Waals surface area contributed by atoms with E-state index in [9.17, 15) is 4.79 Å². The van der Waals surface area contributed by atoms with Crippen molar-refractivity contribution in [1.82, 2.24) is 5.16 Å². The first-order chi connectivity index (χ1) is 9.20. The van der Waals surface area contributed by atoms with Gasteiger partial charge in [-0.05, 0) is 31.2 Å². The Hall–Kier alpha value is -2.58. The van der Waals surface area contributed by atoms with Crippen LogP contribution in [0, 0.1) is 18.8 Å². The molecule has 0 aliphatic rings. The molecule has 5 heteroatoms. The summed E-state index contributed by atoms with van der Waals surface area (Å²) in [5.41, 5.74) is 7.25. The van der Waals surface area contributed by atoms with Crippen LogP contribution in [0.3, 0.4) is 0 Å². The summed E-state index contributed by atoms with van der Waals surface area (Å²) in [6, 6.07) is 7.19. The topological polar surface area (TPSA) is 81.2 Å². The fourth-order valence-corrected chi connectivity index (χ4v) is 1.51. The van der Waals surface area contributed by atoms with Gasteiger partial charge in [0.05, 0.1) is 12.7 Å². The summed E-state index contributed by atoms with van der Waals surface area (Å²) in [7, 11) is 0. The van der Waals surface area contributed by atoms with Gasteiger partial charge in [-0.15, -0.1) is 0 Å². The Morgan fingerprint density at radius 2 is 2.16 bits per heavy atom. The monoisotopic (exact) mass is 255 g/mol. The highest BCUT2D eigenvalue weighted by Crippen LogP contribution is 2.12. The van der Waals surface area contributed by atoms with Crippen LogP contribution in [0.1, 0.15) is 21.7 Å². The second-order valence-corrected chi connectivity index (χ2v) is 3.83. The van der Waals surface area contributed by atoms with Gasteiger partial charge in [0.15, 0.2) is 0 Å². The average molecular weight is 255 g/mol. The van der Waals surface area contributed by atoms with Crippen LogP contribution in [0.15, 0.2) is 35.0 Å². The number of hydrogen-bond acceptors (Lipinski definition) is 4. The van der Waals surface area contributed by atoms with E-state index in [1.807, 2.05) is 12.1 Å². The van der Waals surface area contributed by atoms with Crippen molar-refractivity contribution >= 4 is 11.6 Å². The number of rotatable bonds is 2. The predicted octanol–water partition coefficient (Wildman–Crippen LogP) is 1.55. The number of carbonyl (C=O) groups excluding carboxylic acids is 1. The van der Waals surface area contributed by atoms with Crippen LogP contribution in [0.4, 0.5) is 5.69 Å². The molecule has 0 spiro atoms. The van der Waals surface area contributed by atoms with Crippen LogP contribution in [0.25, 0.3) is 0 Å². The maximum absolute atomic E-state index is 11.9. The van der Waals surface area contributed by atoms with E-state index in [-0.39, 0.29) is 5.91 Å². The molecule has 2 aromatic rings. The van der Waals surface area contributed by atoms with Crippen LogP contribution in [-0.2, 0) is 0 Å². The quantitative estimate of drug-likeness (QED) is 0.798. The third-order valence-corrected chi connectivity index (χ3v) is 2.47. The lowest BCUT2D eigenvalue weighted by Gasteiger charge is -2.03. The van der Waals surface area contributed by atoms with E-state index in [1.165, 1.54) is 6.20 Å². The fourth-order valence-electron chi connectivity index (χ4n) is 1.51. The van der Waals surface area contributed by atoms with Gasteiger partial charge >= 0.3 is 0 Å². The molecule has 0 bridgehead atoms. The van der Waals surface area contributed by atoms with E-state index in [0.29, 0.717) is 23.6 Å². The van der Waals surface area contributed by atoms with E-state index in [2.05, 4.69) is 22.3 Å². The van der Waals surface area contributed by atoms with Crippen LogP contribution in [0.2, 0.25) is 0 Å². The Morgan fingerprint density at radius 1 is 1.42 bits per heavy atom. The first kappa shape index (κ1) is 12.9. The zero-order valence-electron chi connectivity index (χ0n) is 10.4. The molecule has 0 saturated heterocycles. The molecule has 1 aromatic heterocycles. The average Bonchev–Trinajstić information content (AvgIpc) is 2.84. The van der Waals surface area contributed by atoms with Crippen molar-refractivity contribution in [3.05, 3.63) is 47.3 Å². The number of nitrogens with one attached hydrogen (secondary N) is 1. The highest BCUT2D eigenvalue weighted by molar-refractivity contribution is 6.04. The van der Waals surface area contributed by atoms with Gasteiger partial charge in [0, 0.05) is 11.3 Å². The number of benzene rings is 1. The summed E-state index contributed by atoms with van der Waals surface area (Å²) in [5.74, 6) is 5.91. The standard InChI is InChI=1S/C14H13N3O2/c1-10-13(9-16-19-10)14(18)17-12-6-4-11(5-7-12)3-2-8-15/h4-7,9H,8,15H2,1H3,(H,17,18). The van der Waals surface area contributed by atoms with Crippen LogP contribution >= 0.6 is 0 Å². The van der Waals surface area contributed by atoms with Crippen molar-refractivity contribution in [3.63, 3.8) is 0 Å². The first-order valence-electron chi connectivity index (χ1n) is 5.72. The van der Waals surface area contributed by atoms with E-state index in [4.69, 9.17) is 10.3 Å². The van der Waals surface area contributed by atoms with Gasteiger partial charge in [0.2, 0.25) is 0 Å². The van der Waals surface area contributed by atoms with Gasteiger partial charge in [-0.3, -0.25) is 4.79 Å². The normalized spacial score (nSPS) is 9.58. The van der Waals surface area contributed by atoms with Crippen LogP contribution in [0.5, 0.6) is 0 Å². The van der Waals surface area contributed by atoms with Crippen molar-refractivity contribution in [2.24, 2.45) is 5.73 Å². The Kier molecular flexibility index (Phi) is 3.96. The van der Waals surface area contributed by atoms with E-state index in [1.54, 1.807) is 19.1 Å². The number of hydrogen-bond donors (Lipinski definition) is 2. The van der Waals surface area contributed by atoms with Gasteiger partial charge in [-0.25, -0.2) is 0 Å². The highest BCUT2D eigenvalue weighted by atomic mass is 16.5. The first-order valence-corrected chi connectivity index (χ1v) is 5.72. The largest absolute Gasteiger partial charge is 0.361 e. The molecule has 0 radical (unpaired) electrons. The summed E-state index contributed by atoms with van der Waals surface area (Å²) in [6.45, 7) is 2.01. The predicted molar refractivity (Wildman–Crippen MR) is 71.6 cm³/mol. The highest BCUT2D eigenvalue weighted by Gasteiger charge is 2.12. The number of aromatic nitrogens is 1. The maximum Gasteiger partial charge on any atom is 0.260 e. The lowest BCUT2D eigenvalue weighted by atomic mass is 10.2. The zero-order chi connectivity index (χ0) is 13.7. The number of nitrogens with two attached hydrogens (primary N) is 1. The summed E-state index contributed by atoms with van der Waals surface area (Å²) in [5, 5.41) is 6.32. The van der Waals surface area contributed by atoms with Crippen LogP contribution in [-0.4, -0.2) is 17.6 Å². The molecule has 0 fully saturated rings. The number of aryl methyl sites for hydroxylation is 1. The summed E-state index contributed by atoms with van der Waals surface area (Å²) >= 11 is 0. The summed E-state index contributed by atoms with van der Waals surface area (Å²) in [6.07, 6.45) is 1.39. The molecule has 2 rings (SSSR count). The number of anilines is 1. The Morgan fingerprint density at radius 3 is 2.74 bits per heavy atom. The number of nitrogens with zero attached hydrogens (tertiary/aromatic N) is 1. The minimum atomic E-state index is -0.250. The van der Waals surface area contributed by atoms with E-state index >= 15 is 0 Å². The van der Waals surface area contributed by atoms with Crippen molar-refractivity contribution < 1.29 is 9.32 Å². The molecule has 0 aliphatic carbocycles. The van der Waals surface area contributed by atoms with Crippen molar-refractivity contribution in [3.8, 4) is 11.8 Å². The minimum absolute atomic E-state index is 0.250. The molecular formula is C14H13N3O2. The second kappa shape index (κ2) is 5.85. The second-order valence-electron chi connectivity index (χ2n) is 3.83. The third kappa shape index (κ3) is 3.21. The Labute approximate surface area is 110 Å². The van der Waals surface area contributed by atoms with Gasteiger partial charge in [0.25, 0.3) is 5.91 Å². The molecule has 96 valence electrons.